The van der Waals surface area contributed by atoms with E-state index in [0.717, 1.165) is 31.6 Å². The average molecular weight is 401 g/mol. The van der Waals surface area contributed by atoms with Gasteiger partial charge in [0.05, 0.1) is 24.0 Å². The highest BCUT2D eigenvalue weighted by Crippen LogP contribution is 2.30. The Labute approximate surface area is 167 Å². The molecule has 1 aromatic carbocycles. The minimum absolute atomic E-state index is 0.137. The maximum Gasteiger partial charge on any atom is 0.337 e. The molecular weight excluding hydrogens is 378 g/mol. The molecular formula is C20H23N3O4S. The van der Waals surface area contributed by atoms with Gasteiger partial charge in [0.1, 0.15) is 0 Å². The normalized spacial score (nSPS) is 13.2. The van der Waals surface area contributed by atoms with Gasteiger partial charge in [-0.15, -0.1) is 0 Å². The molecule has 148 valence electrons. The van der Waals surface area contributed by atoms with Gasteiger partial charge in [-0.3, -0.25) is 9.59 Å². The van der Waals surface area contributed by atoms with Crippen LogP contribution in [-0.4, -0.2) is 44.5 Å². The summed E-state index contributed by atoms with van der Waals surface area (Å²) in [4.78, 5) is 38.4. The van der Waals surface area contributed by atoms with Crippen LogP contribution >= 0.6 is 11.3 Å². The summed E-state index contributed by atoms with van der Waals surface area (Å²) < 4.78 is 4.78. The van der Waals surface area contributed by atoms with Crippen molar-refractivity contribution in [2.24, 2.45) is 0 Å². The number of carbonyl (C=O) groups is 3. The van der Waals surface area contributed by atoms with E-state index in [1.165, 1.54) is 18.4 Å². The second kappa shape index (κ2) is 9.36. The quantitative estimate of drug-likeness (QED) is 0.697. The summed E-state index contributed by atoms with van der Waals surface area (Å²) in [5, 5.41) is 9.20. The van der Waals surface area contributed by atoms with Crippen molar-refractivity contribution in [1.29, 1.82) is 0 Å². The van der Waals surface area contributed by atoms with Crippen molar-refractivity contribution < 1.29 is 19.1 Å². The molecule has 7 nitrogen and oxygen atoms in total. The Morgan fingerprint density at radius 1 is 1.14 bits per heavy atom. The van der Waals surface area contributed by atoms with Gasteiger partial charge in [0.15, 0.2) is 0 Å². The van der Waals surface area contributed by atoms with Crippen molar-refractivity contribution in [3.05, 3.63) is 46.2 Å². The first-order valence-corrected chi connectivity index (χ1v) is 10.1. The SMILES string of the molecule is COC(=O)c1ccc(N2CCCC2)c(NC(=O)CCNC(=O)c2ccsc2)c1. The van der Waals surface area contributed by atoms with E-state index in [1.54, 1.807) is 23.6 Å². The predicted octanol–water partition coefficient (Wildman–Crippen LogP) is 2.89. The van der Waals surface area contributed by atoms with Crippen LogP contribution in [0.15, 0.2) is 35.0 Å². The largest absolute Gasteiger partial charge is 0.465 e. The summed E-state index contributed by atoms with van der Waals surface area (Å²) in [6.45, 7) is 2.06. The Hall–Kier alpha value is -2.87. The zero-order valence-electron chi connectivity index (χ0n) is 15.7. The fraction of sp³-hybridized carbons (Fsp3) is 0.350. The summed E-state index contributed by atoms with van der Waals surface area (Å²) in [6.07, 6.45) is 2.33. The molecule has 0 atom stereocenters. The van der Waals surface area contributed by atoms with Crippen molar-refractivity contribution in [2.45, 2.75) is 19.3 Å². The number of benzene rings is 1. The van der Waals surface area contributed by atoms with Crippen LogP contribution in [0, 0.1) is 0 Å². The number of nitrogens with zero attached hydrogens (tertiary/aromatic N) is 1. The molecule has 3 rings (SSSR count). The lowest BCUT2D eigenvalue weighted by Gasteiger charge is -2.22. The molecule has 2 amide bonds. The van der Waals surface area contributed by atoms with Crippen molar-refractivity contribution in [3.63, 3.8) is 0 Å². The topological polar surface area (TPSA) is 87.7 Å². The molecule has 1 saturated heterocycles. The third kappa shape index (κ3) is 4.89. The van der Waals surface area contributed by atoms with Crippen LogP contribution in [0.3, 0.4) is 0 Å². The van der Waals surface area contributed by atoms with Gasteiger partial charge in [-0.2, -0.15) is 11.3 Å². The summed E-state index contributed by atoms with van der Waals surface area (Å²) in [5.41, 5.74) is 2.44. The molecule has 2 N–H and O–H groups in total. The molecule has 1 aromatic heterocycles. The monoisotopic (exact) mass is 401 g/mol. The number of esters is 1. The molecule has 0 unspecified atom stereocenters. The Morgan fingerprint density at radius 3 is 2.61 bits per heavy atom. The average Bonchev–Trinajstić information content (AvgIpc) is 3.41. The first-order valence-electron chi connectivity index (χ1n) is 9.16. The number of carbonyl (C=O) groups excluding carboxylic acids is 3. The minimum atomic E-state index is -0.452. The number of hydrogen-bond acceptors (Lipinski definition) is 6. The van der Waals surface area contributed by atoms with Crippen LogP contribution in [0.2, 0.25) is 0 Å². The van der Waals surface area contributed by atoms with E-state index >= 15 is 0 Å². The summed E-state index contributed by atoms with van der Waals surface area (Å²) in [7, 11) is 1.32. The van der Waals surface area contributed by atoms with Crippen molar-refractivity contribution in [1.82, 2.24) is 5.32 Å². The molecule has 2 heterocycles. The first kappa shape index (κ1) is 19.9. The third-order valence-electron chi connectivity index (χ3n) is 4.56. The van der Waals surface area contributed by atoms with Gasteiger partial charge in [0, 0.05) is 37.0 Å². The highest BCUT2D eigenvalue weighted by molar-refractivity contribution is 7.08. The van der Waals surface area contributed by atoms with E-state index in [2.05, 4.69) is 15.5 Å². The molecule has 8 heteroatoms. The number of thiophene rings is 1. The predicted molar refractivity (Wildman–Crippen MR) is 109 cm³/mol. The highest BCUT2D eigenvalue weighted by Gasteiger charge is 2.19. The van der Waals surface area contributed by atoms with Crippen molar-refractivity contribution in [3.8, 4) is 0 Å². The summed E-state index contributed by atoms with van der Waals surface area (Å²) in [5.74, 6) is -0.876. The molecule has 0 spiro atoms. The lowest BCUT2D eigenvalue weighted by molar-refractivity contribution is -0.116. The van der Waals surface area contributed by atoms with Crippen molar-refractivity contribution >= 4 is 40.5 Å². The molecule has 1 aliphatic heterocycles. The van der Waals surface area contributed by atoms with Gasteiger partial charge in [0.25, 0.3) is 5.91 Å². The van der Waals surface area contributed by atoms with Gasteiger partial charge in [0.2, 0.25) is 5.91 Å². The number of methoxy groups -OCH3 is 1. The molecule has 28 heavy (non-hydrogen) atoms. The van der Waals surface area contributed by atoms with Crippen LogP contribution in [0.1, 0.15) is 40.0 Å². The van der Waals surface area contributed by atoms with Gasteiger partial charge >= 0.3 is 5.97 Å². The Morgan fingerprint density at radius 2 is 1.93 bits per heavy atom. The zero-order chi connectivity index (χ0) is 19.9. The second-order valence-electron chi connectivity index (χ2n) is 6.48. The van der Waals surface area contributed by atoms with E-state index in [-0.39, 0.29) is 24.8 Å². The van der Waals surface area contributed by atoms with Crippen LogP contribution in [0.4, 0.5) is 11.4 Å². The van der Waals surface area contributed by atoms with Crippen LogP contribution in [0.25, 0.3) is 0 Å². The summed E-state index contributed by atoms with van der Waals surface area (Å²) >= 11 is 1.45. The number of rotatable bonds is 7. The zero-order valence-corrected chi connectivity index (χ0v) is 16.5. The Bertz CT molecular complexity index is 845. The number of ether oxygens (including phenoxy) is 1. The highest BCUT2D eigenvalue weighted by atomic mass is 32.1. The molecule has 2 aromatic rings. The minimum Gasteiger partial charge on any atom is -0.465 e. The first-order chi connectivity index (χ1) is 13.6. The van der Waals surface area contributed by atoms with Crippen molar-refractivity contribution in [2.75, 3.05) is 37.0 Å². The lowest BCUT2D eigenvalue weighted by atomic mass is 10.1. The fourth-order valence-electron chi connectivity index (χ4n) is 3.11. The molecule has 1 fully saturated rings. The lowest BCUT2D eigenvalue weighted by Crippen LogP contribution is -2.28. The fourth-order valence-corrected chi connectivity index (χ4v) is 3.75. The standard InChI is InChI=1S/C20H23N3O4S/c1-27-20(26)14-4-5-17(23-9-2-3-10-23)16(12-14)22-18(24)6-8-21-19(25)15-7-11-28-13-15/h4-5,7,11-13H,2-3,6,8-10H2,1H3,(H,21,25)(H,22,24). The molecule has 0 aliphatic carbocycles. The Kier molecular flexibility index (Phi) is 6.65. The molecule has 0 bridgehead atoms. The molecule has 0 radical (unpaired) electrons. The number of anilines is 2. The van der Waals surface area contributed by atoms with Gasteiger partial charge < -0.3 is 20.3 Å². The van der Waals surface area contributed by atoms with E-state index < -0.39 is 5.97 Å². The molecule has 1 aliphatic rings. The third-order valence-corrected chi connectivity index (χ3v) is 5.24. The number of amides is 2. The maximum absolute atomic E-state index is 12.4. The smallest absolute Gasteiger partial charge is 0.337 e. The Balaban J connectivity index is 1.64. The molecule has 0 saturated carbocycles. The van der Waals surface area contributed by atoms with E-state index in [9.17, 15) is 14.4 Å². The maximum atomic E-state index is 12.4. The van der Waals surface area contributed by atoms with Gasteiger partial charge in [-0.25, -0.2) is 4.79 Å². The van der Waals surface area contributed by atoms with Gasteiger partial charge in [-0.05, 0) is 42.5 Å². The van der Waals surface area contributed by atoms with E-state index in [1.807, 2.05) is 11.4 Å². The van der Waals surface area contributed by atoms with Crippen LogP contribution in [0.5, 0.6) is 0 Å². The second-order valence-corrected chi connectivity index (χ2v) is 7.26. The van der Waals surface area contributed by atoms with E-state index in [4.69, 9.17) is 4.74 Å². The summed E-state index contributed by atoms with van der Waals surface area (Å²) in [6, 6.07) is 6.92. The number of hydrogen-bond donors (Lipinski definition) is 2. The van der Waals surface area contributed by atoms with Crippen LogP contribution in [-0.2, 0) is 9.53 Å². The number of nitrogens with one attached hydrogen (secondary N) is 2. The van der Waals surface area contributed by atoms with Gasteiger partial charge in [-0.1, -0.05) is 0 Å². The van der Waals surface area contributed by atoms with Crippen LogP contribution < -0.4 is 15.5 Å². The van der Waals surface area contributed by atoms with E-state index in [0.29, 0.717) is 16.8 Å².